The molecule has 2 aromatic carbocycles. The fraction of sp³-hybridized carbons (Fsp3) is 0.111. The number of nitrogens with one attached hydrogen (secondary N) is 1. The molecule has 25 heavy (non-hydrogen) atoms. The number of aromatic nitrogens is 2. The molecule has 0 unspecified atom stereocenters. The van der Waals surface area contributed by atoms with Crippen LogP contribution in [0.2, 0.25) is 0 Å². The van der Waals surface area contributed by atoms with Gasteiger partial charge in [0.1, 0.15) is 24.3 Å². The Hall–Kier alpha value is -3.66. The minimum atomic E-state index is -0.510. The molecule has 124 valence electrons. The highest BCUT2D eigenvalue weighted by atomic mass is 16.5. The molecule has 0 atom stereocenters. The summed E-state index contributed by atoms with van der Waals surface area (Å²) < 4.78 is 10.2. The Morgan fingerprint density at radius 2 is 2.08 bits per heavy atom. The molecule has 1 N–H and O–H groups in total. The van der Waals surface area contributed by atoms with Crippen molar-refractivity contribution in [2.24, 2.45) is 0 Å². The highest BCUT2D eigenvalue weighted by Gasteiger charge is 2.10. The monoisotopic (exact) mass is 335 g/mol. The second-order valence-electron chi connectivity index (χ2n) is 5.13. The minimum absolute atomic E-state index is 0.0215. The second-order valence-corrected chi connectivity index (χ2v) is 5.13. The Labute approximate surface area is 142 Å². The summed E-state index contributed by atoms with van der Waals surface area (Å²) in [5.74, 6) is 0.174. The molecule has 0 aliphatic carbocycles. The van der Waals surface area contributed by atoms with Crippen LogP contribution < -0.4 is 10.3 Å². The lowest BCUT2D eigenvalue weighted by molar-refractivity contribution is 0.0601. The van der Waals surface area contributed by atoms with Gasteiger partial charge in [0.05, 0.1) is 29.1 Å². The van der Waals surface area contributed by atoms with E-state index in [4.69, 9.17) is 10.00 Å². The van der Waals surface area contributed by atoms with Crippen molar-refractivity contribution in [1.82, 2.24) is 9.97 Å². The molecule has 7 nitrogen and oxygen atoms in total. The summed E-state index contributed by atoms with van der Waals surface area (Å²) in [5, 5.41) is 9.42. The van der Waals surface area contributed by atoms with E-state index in [9.17, 15) is 9.59 Å². The summed E-state index contributed by atoms with van der Waals surface area (Å²) in [6.45, 7) is -0.0215. The van der Waals surface area contributed by atoms with Crippen molar-refractivity contribution in [3.05, 3.63) is 69.8 Å². The van der Waals surface area contributed by atoms with E-state index >= 15 is 0 Å². The van der Waals surface area contributed by atoms with Crippen molar-refractivity contribution in [3.63, 3.8) is 0 Å². The Balaban J connectivity index is 1.93. The van der Waals surface area contributed by atoms with Crippen molar-refractivity contribution < 1.29 is 14.3 Å². The van der Waals surface area contributed by atoms with Crippen LogP contribution in [0, 0.1) is 11.3 Å². The number of carbonyl (C=O) groups is 1. The number of nitriles is 1. The molecule has 1 heterocycles. The number of fused-ring (bicyclic) bond motifs is 1. The summed E-state index contributed by atoms with van der Waals surface area (Å²) in [6, 6.07) is 13.3. The van der Waals surface area contributed by atoms with E-state index in [-0.39, 0.29) is 18.0 Å². The number of aromatic amines is 1. The van der Waals surface area contributed by atoms with E-state index in [2.05, 4.69) is 14.7 Å². The molecule has 0 saturated heterocycles. The predicted octanol–water partition coefficient (Wildman–Crippen LogP) is 2.16. The SMILES string of the molecule is COC(=O)c1ccc2c(=O)[nH]c(COc3ccccc3C#N)nc2c1. The zero-order chi connectivity index (χ0) is 17.8. The lowest BCUT2D eigenvalue weighted by Crippen LogP contribution is -2.14. The number of para-hydroxylation sites is 1. The second kappa shape index (κ2) is 6.84. The third kappa shape index (κ3) is 3.33. The zero-order valence-corrected chi connectivity index (χ0v) is 13.3. The summed E-state index contributed by atoms with van der Waals surface area (Å²) >= 11 is 0. The summed E-state index contributed by atoms with van der Waals surface area (Å²) in [6.07, 6.45) is 0. The van der Waals surface area contributed by atoms with Gasteiger partial charge < -0.3 is 14.5 Å². The maximum atomic E-state index is 12.2. The van der Waals surface area contributed by atoms with Crippen LogP contribution in [0.4, 0.5) is 0 Å². The van der Waals surface area contributed by atoms with Gasteiger partial charge in [-0.3, -0.25) is 4.79 Å². The molecule has 0 bridgehead atoms. The molecular weight excluding hydrogens is 322 g/mol. The highest BCUT2D eigenvalue weighted by molar-refractivity contribution is 5.93. The van der Waals surface area contributed by atoms with Gasteiger partial charge in [0, 0.05) is 0 Å². The average Bonchev–Trinajstić information content (AvgIpc) is 2.65. The Bertz CT molecular complexity index is 1050. The van der Waals surface area contributed by atoms with Crippen LogP contribution in [0.25, 0.3) is 10.9 Å². The molecule has 0 radical (unpaired) electrons. The number of ether oxygens (including phenoxy) is 2. The fourth-order valence-corrected chi connectivity index (χ4v) is 2.33. The smallest absolute Gasteiger partial charge is 0.337 e. The quantitative estimate of drug-likeness (QED) is 0.733. The molecule has 0 spiro atoms. The fourth-order valence-electron chi connectivity index (χ4n) is 2.33. The number of carbonyl (C=O) groups excluding carboxylic acids is 1. The summed E-state index contributed by atoms with van der Waals surface area (Å²) in [7, 11) is 1.28. The van der Waals surface area contributed by atoms with E-state index in [1.54, 1.807) is 24.3 Å². The molecule has 0 amide bonds. The number of methoxy groups -OCH3 is 1. The molecule has 0 fully saturated rings. The van der Waals surface area contributed by atoms with Crippen molar-refractivity contribution in [2.75, 3.05) is 7.11 Å². The van der Waals surface area contributed by atoms with Gasteiger partial charge in [-0.1, -0.05) is 12.1 Å². The Kier molecular flexibility index (Phi) is 4.44. The lowest BCUT2D eigenvalue weighted by Gasteiger charge is -2.08. The number of rotatable bonds is 4. The van der Waals surface area contributed by atoms with Gasteiger partial charge >= 0.3 is 5.97 Å². The van der Waals surface area contributed by atoms with Crippen LogP contribution in [-0.2, 0) is 11.3 Å². The molecule has 0 aliphatic heterocycles. The number of esters is 1. The molecule has 0 saturated carbocycles. The molecule has 3 aromatic rings. The van der Waals surface area contributed by atoms with Crippen LogP contribution in [0.1, 0.15) is 21.7 Å². The number of hydrogen-bond donors (Lipinski definition) is 1. The molecule has 7 heteroatoms. The van der Waals surface area contributed by atoms with Crippen LogP contribution in [-0.4, -0.2) is 23.0 Å². The summed E-state index contributed by atoms with van der Waals surface area (Å²) in [5.41, 5.74) is 0.709. The van der Waals surface area contributed by atoms with Gasteiger partial charge in [-0.05, 0) is 30.3 Å². The molecule has 3 rings (SSSR count). The van der Waals surface area contributed by atoms with E-state index in [0.29, 0.717) is 27.8 Å². The Morgan fingerprint density at radius 1 is 1.28 bits per heavy atom. The predicted molar refractivity (Wildman–Crippen MR) is 89.2 cm³/mol. The topological polar surface area (TPSA) is 105 Å². The van der Waals surface area contributed by atoms with E-state index < -0.39 is 5.97 Å². The largest absolute Gasteiger partial charge is 0.484 e. The normalized spacial score (nSPS) is 10.2. The standard InChI is InChI=1S/C18H13N3O4/c1-24-18(23)11-6-7-13-14(8-11)20-16(21-17(13)22)10-25-15-5-3-2-4-12(15)9-19/h2-8H,10H2,1H3,(H,20,21,22). The van der Waals surface area contributed by atoms with E-state index in [1.165, 1.54) is 25.3 Å². The van der Waals surface area contributed by atoms with E-state index in [1.807, 2.05) is 6.07 Å². The van der Waals surface area contributed by atoms with Gasteiger partial charge in [0.15, 0.2) is 0 Å². The average molecular weight is 335 g/mol. The van der Waals surface area contributed by atoms with E-state index in [0.717, 1.165) is 0 Å². The van der Waals surface area contributed by atoms with Gasteiger partial charge in [-0.15, -0.1) is 0 Å². The molecular formula is C18H13N3O4. The maximum absolute atomic E-state index is 12.2. The van der Waals surface area contributed by atoms with Crippen molar-refractivity contribution in [3.8, 4) is 11.8 Å². The lowest BCUT2D eigenvalue weighted by atomic mass is 10.1. The Morgan fingerprint density at radius 3 is 2.84 bits per heavy atom. The first-order valence-electron chi connectivity index (χ1n) is 7.35. The van der Waals surface area contributed by atoms with Gasteiger partial charge in [-0.2, -0.15) is 5.26 Å². The molecule has 1 aromatic heterocycles. The first kappa shape index (κ1) is 16.2. The number of nitrogens with zero attached hydrogens (tertiary/aromatic N) is 2. The first-order valence-corrected chi connectivity index (χ1v) is 7.35. The molecule has 0 aliphatic rings. The first-order chi connectivity index (χ1) is 12.1. The zero-order valence-electron chi connectivity index (χ0n) is 13.3. The minimum Gasteiger partial charge on any atom is -0.484 e. The number of benzene rings is 2. The summed E-state index contributed by atoms with van der Waals surface area (Å²) in [4.78, 5) is 30.7. The van der Waals surface area contributed by atoms with Crippen molar-refractivity contribution >= 4 is 16.9 Å². The van der Waals surface area contributed by atoms with Gasteiger partial charge in [0.2, 0.25) is 0 Å². The van der Waals surface area contributed by atoms with Gasteiger partial charge in [-0.25, -0.2) is 9.78 Å². The van der Waals surface area contributed by atoms with Crippen LogP contribution in [0.5, 0.6) is 5.75 Å². The van der Waals surface area contributed by atoms with Crippen LogP contribution >= 0.6 is 0 Å². The van der Waals surface area contributed by atoms with Crippen molar-refractivity contribution in [1.29, 1.82) is 5.26 Å². The maximum Gasteiger partial charge on any atom is 0.337 e. The van der Waals surface area contributed by atoms with Gasteiger partial charge in [0.25, 0.3) is 5.56 Å². The van der Waals surface area contributed by atoms with Crippen LogP contribution in [0.3, 0.4) is 0 Å². The van der Waals surface area contributed by atoms with Crippen LogP contribution in [0.15, 0.2) is 47.3 Å². The third-order valence-electron chi connectivity index (χ3n) is 3.55. The number of hydrogen-bond acceptors (Lipinski definition) is 6. The van der Waals surface area contributed by atoms with Crippen molar-refractivity contribution in [2.45, 2.75) is 6.61 Å². The highest BCUT2D eigenvalue weighted by Crippen LogP contribution is 2.18. The third-order valence-corrected chi connectivity index (χ3v) is 3.55. The number of H-pyrrole nitrogens is 1.